The Morgan fingerprint density at radius 2 is 1.86 bits per heavy atom. The maximum absolute atomic E-state index is 13.7. The normalized spacial score (nSPS) is 29.9. The molecular formula is C22H20F2N4O. The van der Waals surface area contributed by atoms with E-state index in [9.17, 15) is 13.6 Å². The van der Waals surface area contributed by atoms with Crippen LogP contribution in [0.25, 0.3) is 5.65 Å². The van der Waals surface area contributed by atoms with E-state index in [1.165, 1.54) is 17.1 Å². The van der Waals surface area contributed by atoms with Gasteiger partial charge < -0.3 is 8.97 Å². The highest BCUT2D eigenvalue weighted by molar-refractivity contribution is 5.88. The summed E-state index contributed by atoms with van der Waals surface area (Å²) in [5.74, 6) is -1.28. The number of carbonyl (C=O) groups excluding carboxylic acids is 1. The van der Waals surface area contributed by atoms with Crippen LogP contribution in [0.15, 0.2) is 54.0 Å². The quantitative estimate of drug-likeness (QED) is 0.656. The Morgan fingerprint density at radius 3 is 2.62 bits per heavy atom. The summed E-state index contributed by atoms with van der Waals surface area (Å²) < 4.78 is 31.7. The largest absolute Gasteiger partial charge is 0.332 e. The molecule has 148 valence electrons. The molecule has 1 aromatic carbocycles. The van der Waals surface area contributed by atoms with Crippen LogP contribution in [0.1, 0.15) is 37.3 Å². The number of fused-ring (bicyclic) bond motifs is 1. The van der Waals surface area contributed by atoms with Gasteiger partial charge in [-0.1, -0.05) is 0 Å². The number of hydrogen-bond donors (Lipinski definition) is 0. The second-order valence-electron chi connectivity index (χ2n) is 8.91. The Morgan fingerprint density at radius 1 is 1.10 bits per heavy atom. The molecule has 1 aliphatic heterocycles. The number of aromatic nitrogens is 2. The molecule has 5 nitrogen and oxygen atoms in total. The van der Waals surface area contributed by atoms with Gasteiger partial charge in [-0.2, -0.15) is 5.10 Å². The summed E-state index contributed by atoms with van der Waals surface area (Å²) in [5.41, 5.74) is 1.42. The molecule has 3 saturated carbocycles. The molecule has 29 heavy (non-hydrogen) atoms. The van der Waals surface area contributed by atoms with E-state index in [0.717, 1.165) is 37.5 Å². The minimum absolute atomic E-state index is 0.0110. The molecule has 2 bridgehead atoms. The number of amides is 1. The minimum Gasteiger partial charge on any atom is -0.332 e. The maximum Gasteiger partial charge on any atom is 0.249 e. The molecule has 7 heteroatoms. The number of imidazole rings is 1. The van der Waals surface area contributed by atoms with Gasteiger partial charge in [0.15, 0.2) is 0 Å². The van der Waals surface area contributed by atoms with E-state index in [-0.39, 0.29) is 16.7 Å². The van der Waals surface area contributed by atoms with Crippen molar-refractivity contribution in [2.45, 2.75) is 38.3 Å². The van der Waals surface area contributed by atoms with Crippen LogP contribution in [0, 0.1) is 22.5 Å². The standard InChI is InChI=1S/C22H20F2N4O/c23-16-8-15(9-17(24)10-16)18-3-4-25-28(18)20(29)22-11-21(12-22,13-22)14-27-7-6-26-5-1-2-19(26)27/h1-2,4-10,18H,3,11-14H2. The number of benzene rings is 1. The molecular weight excluding hydrogens is 374 g/mol. The monoisotopic (exact) mass is 394 g/mol. The van der Waals surface area contributed by atoms with Crippen LogP contribution in [0.4, 0.5) is 8.78 Å². The zero-order valence-corrected chi connectivity index (χ0v) is 15.8. The number of halogens is 2. The van der Waals surface area contributed by atoms with Crippen LogP contribution in [0.2, 0.25) is 0 Å². The first kappa shape index (κ1) is 16.9. The van der Waals surface area contributed by atoms with Gasteiger partial charge >= 0.3 is 0 Å². The van der Waals surface area contributed by atoms with Gasteiger partial charge in [-0.15, -0.1) is 0 Å². The molecule has 0 N–H and O–H groups in total. The summed E-state index contributed by atoms with van der Waals surface area (Å²) in [4.78, 5) is 13.3. The van der Waals surface area contributed by atoms with E-state index >= 15 is 0 Å². The predicted octanol–water partition coefficient (Wildman–Crippen LogP) is 4.15. The Labute approximate surface area is 166 Å². The molecule has 3 aliphatic carbocycles. The molecule has 3 fully saturated rings. The van der Waals surface area contributed by atoms with Gasteiger partial charge in [0.1, 0.15) is 17.3 Å². The predicted molar refractivity (Wildman–Crippen MR) is 103 cm³/mol. The van der Waals surface area contributed by atoms with Crippen LogP contribution >= 0.6 is 0 Å². The van der Waals surface area contributed by atoms with Crippen molar-refractivity contribution in [3.05, 3.63) is 66.1 Å². The molecule has 3 aromatic rings. The van der Waals surface area contributed by atoms with Crippen LogP contribution in [0.5, 0.6) is 0 Å². The number of carbonyl (C=O) groups is 1. The third kappa shape index (κ3) is 2.36. The third-order valence-electron chi connectivity index (χ3n) is 6.87. The number of nitrogens with zero attached hydrogens (tertiary/aromatic N) is 4. The van der Waals surface area contributed by atoms with Crippen LogP contribution in [-0.4, -0.2) is 26.1 Å². The molecule has 1 atom stereocenters. The highest BCUT2D eigenvalue weighted by Crippen LogP contribution is 2.74. The highest BCUT2D eigenvalue weighted by Gasteiger charge is 2.72. The second-order valence-corrected chi connectivity index (χ2v) is 8.91. The van der Waals surface area contributed by atoms with E-state index in [4.69, 9.17) is 0 Å². The molecule has 1 amide bonds. The van der Waals surface area contributed by atoms with Crippen molar-refractivity contribution in [2.75, 3.05) is 0 Å². The van der Waals surface area contributed by atoms with Crippen molar-refractivity contribution in [1.29, 1.82) is 0 Å². The topological polar surface area (TPSA) is 42.0 Å². The van der Waals surface area contributed by atoms with Crippen LogP contribution < -0.4 is 0 Å². The van der Waals surface area contributed by atoms with Crippen molar-refractivity contribution in [1.82, 2.24) is 14.0 Å². The SMILES string of the molecule is O=C(N1N=CCC1c1cc(F)cc(F)c1)C12CC(Cn3ccn4cccc34)(C1)C2. The van der Waals surface area contributed by atoms with Gasteiger partial charge in [-0.05, 0) is 54.5 Å². The van der Waals surface area contributed by atoms with E-state index in [1.807, 2.05) is 18.5 Å². The van der Waals surface area contributed by atoms with Gasteiger partial charge in [0, 0.05) is 43.8 Å². The molecule has 0 spiro atoms. The number of rotatable bonds is 4. The van der Waals surface area contributed by atoms with E-state index in [0.29, 0.717) is 12.0 Å². The summed E-state index contributed by atoms with van der Waals surface area (Å²) >= 11 is 0. The fraction of sp³-hybridized carbons (Fsp3) is 0.364. The summed E-state index contributed by atoms with van der Waals surface area (Å²) in [7, 11) is 0. The lowest BCUT2D eigenvalue weighted by molar-refractivity contribution is -0.222. The van der Waals surface area contributed by atoms with Crippen molar-refractivity contribution < 1.29 is 13.6 Å². The average Bonchev–Trinajstić information content (AvgIpc) is 3.32. The summed E-state index contributed by atoms with van der Waals surface area (Å²) in [6, 6.07) is 7.12. The fourth-order valence-corrected chi connectivity index (χ4v) is 5.77. The first-order valence-electron chi connectivity index (χ1n) is 9.91. The van der Waals surface area contributed by atoms with Gasteiger partial charge in [0.2, 0.25) is 5.91 Å². The third-order valence-corrected chi connectivity index (χ3v) is 6.87. The van der Waals surface area contributed by atoms with Crippen LogP contribution in [0.3, 0.4) is 0 Å². The van der Waals surface area contributed by atoms with Gasteiger partial charge in [-0.3, -0.25) is 4.79 Å². The lowest BCUT2D eigenvalue weighted by atomic mass is 9.34. The van der Waals surface area contributed by atoms with Gasteiger partial charge in [0.05, 0.1) is 11.5 Å². The zero-order chi connectivity index (χ0) is 19.8. The first-order chi connectivity index (χ1) is 14.0. The maximum atomic E-state index is 13.7. The zero-order valence-electron chi connectivity index (χ0n) is 15.8. The van der Waals surface area contributed by atoms with E-state index in [1.54, 1.807) is 6.21 Å². The molecule has 7 rings (SSSR count). The van der Waals surface area contributed by atoms with Gasteiger partial charge in [-0.25, -0.2) is 13.8 Å². The number of hydrogen-bond acceptors (Lipinski definition) is 2. The Bertz CT molecular complexity index is 1140. The molecule has 3 heterocycles. The minimum atomic E-state index is -0.632. The average molecular weight is 394 g/mol. The van der Waals surface area contributed by atoms with Crippen molar-refractivity contribution in [3.8, 4) is 0 Å². The summed E-state index contributed by atoms with van der Waals surface area (Å²) in [6.07, 6.45) is 10.8. The van der Waals surface area contributed by atoms with Crippen molar-refractivity contribution >= 4 is 17.8 Å². The van der Waals surface area contributed by atoms with Crippen molar-refractivity contribution in [3.63, 3.8) is 0 Å². The van der Waals surface area contributed by atoms with E-state index < -0.39 is 17.7 Å². The number of hydrazone groups is 1. The Hall–Kier alpha value is -2.96. The highest BCUT2D eigenvalue weighted by atomic mass is 19.1. The Kier molecular flexibility index (Phi) is 3.25. The molecule has 1 unspecified atom stereocenters. The second kappa shape index (κ2) is 5.55. The molecule has 4 aliphatic rings. The fourth-order valence-electron chi connectivity index (χ4n) is 5.77. The van der Waals surface area contributed by atoms with E-state index in [2.05, 4.69) is 26.3 Å². The smallest absolute Gasteiger partial charge is 0.249 e. The Balaban J connectivity index is 1.18. The molecule has 2 aromatic heterocycles. The molecule has 0 radical (unpaired) electrons. The van der Waals surface area contributed by atoms with Crippen molar-refractivity contribution in [2.24, 2.45) is 15.9 Å². The lowest BCUT2D eigenvalue weighted by Gasteiger charge is -2.70. The summed E-state index contributed by atoms with van der Waals surface area (Å²) in [5, 5.41) is 5.72. The van der Waals surface area contributed by atoms with Crippen LogP contribution in [-0.2, 0) is 11.3 Å². The molecule has 0 saturated heterocycles. The first-order valence-corrected chi connectivity index (χ1v) is 9.91. The lowest BCUT2D eigenvalue weighted by Crippen LogP contribution is -2.68. The summed E-state index contributed by atoms with van der Waals surface area (Å²) in [6.45, 7) is 0.907. The van der Waals surface area contributed by atoms with Gasteiger partial charge in [0.25, 0.3) is 0 Å².